The van der Waals surface area contributed by atoms with Crippen molar-refractivity contribution in [3.05, 3.63) is 16.8 Å². The molecule has 0 bridgehead atoms. The number of carbonyl (C=O) groups is 2. The quantitative estimate of drug-likeness (QED) is 0.851. The fourth-order valence-corrected chi connectivity index (χ4v) is 4.21. The Morgan fingerprint density at radius 3 is 2.54 bits per heavy atom. The lowest BCUT2D eigenvalue weighted by Gasteiger charge is -2.33. The van der Waals surface area contributed by atoms with Gasteiger partial charge in [-0.15, -0.1) is 11.3 Å². The van der Waals surface area contributed by atoms with Crippen LogP contribution in [0.4, 0.5) is 5.82 Å². The molecule has 2 N–H and O–H groups in total. The summed E-state index contributed by atoms with van der Waals surface area (Å²) in [4.78, 5) is 36.9. The maximum Gasteiger partial charge on any atom is 0.328 e. The molecule has 0 unspecified atom stereocenters. The Hall–Kier alpha value is -2.22. The molecule has 0 aromatic carbocycles. The van der Waals surface area contributed by atoms with Crippen LogP contribution in [0.3, 0.4) is 0 Å². The Balaban J connectivity index is 1.72. The summed E-state index contributed by atoms with van der Waals surface area (Å²) in [5, 5.41) is 12.9. The minimum atomic E-state index is -1.25. The first-order valence-electron chi connectivity index (χ1n) is 8.71. The molecule has 0 radical (unpaired) electrons. The Bertz CT molecular complexity index is 853. The second kappa shape index (κ2) is 6.83. The van der Waals surface area contributed by atoms with Crippen LogP contribution >= 0.6 is 11.3 Å². The zero-order chi connectivity index (χ0) is 19.1. The average Bonchev–Trinajstić information content (AvgIpc) is 2.89. The van der Waals surface area contributed by atoms with Crippen LogP contribution in [0.2, 0.25) is 0 Å². The summed E-state index contributed by atoms with van der Waals surface area (Å²) in [6, 6.07) is 0. The molecule has 2 aromatic heterocycles. The number of aliphatic carboxylic acids is 1. The van der Waals surface area contributed by atoms with Gasteiger partial charge < -0.3 is 15.3 Å². The summed E-state index contributed by atoms with van der Waals surface area (Å²) in [5.41, 5.74) is -0.0399. The van der Waals surface area contributed by atoms with Crippen molar-refractivity contribution >= 4 is 39.2 Å². The van der Waals surface area contributed by atoms with Gasteiger partial charge in [-0.3, -0.25) is 4.79 Å². The van der Waals surface area contributed by atoms with E-state index in [9.17, 15) is 14.7 Å². The monoisotopic (exact) mass is 376 g/mol. The van der Waals surface area contributed by atoms with E-state index in [1.807, 2.05) is 0 Å². The van der Waals surface area contributed by atoms with E-state index in [4.69, 9.17) is 0 Å². The van der Waals surface area contributed by atoms with Crippen molar-refractivity contribution < 1.29 is 14.7 Å². The van der Waals surface area contributed by atoms with Crippen LogP contribution in [0.15, 0.2) is 6.33 Å². The first-order chi connectivity index (χ1) is 12.2. The van der Waals surface area contributed by atoms with Gasteiger partial charge in [-0.05, 0) is 46.1 Å². The predicted octanol–water partition coefficient (Wildman–Crippen LogP) is 2.50. The minimum absolute atomic E-state index is 0.174. The third-order valence-corrected chi connectivity index (χ3v) is 6.20. The van der Waals surface area contributed by atoms with Crippen LogP contribution < -0.4 is 10.2 Å². The highest BCUT2D eigenvalue weighted by Gasteiger charge is 2.33. The molecule has 7 nitrogen and oxygen atoms in total. The largest absolute Gasteiger partial charge is 0.480 e. The van der Waals surface area contributed by atoms with Gasteiger partial charge in [0.2, 0.25) is 5.91 Å². The Morgan fingerprint density at radius 2 is 1.92 bits per heavy atom. The number of carboxylic acid groups (broad SMARTS) is 1. The van der Waals surface area contributed by atoms with Crippen LogP contribution in [-0.4, -0.2) is 45.6 Å². The Labute approximate surface area is 156 Å². The van der Waals surface area contributed by atoms with Crippen molar-refractivity contribution in [2.75, 3.05) is 18.0 Å². The van der Waals surface area contributed by atoms with Crippen molar-refractivity contribution in [1.82, 2.24) is 15.3 Å². The van der Waals surface area contributed by atoms with Crippen LogP contribution in [0.5, 0.6) is 0 Å². The maximum atomic E-state index is 12.4. The first kappa shape index (κ1) is 18.6. The molecule has 3 heterocycles. The van der Waals surface area contributed by atoms with Crippen LogP contribution in [-0.2, 0) is 9.59 Å². The van der Waals surface area contributed by atoms with Gasteiger partial charge in [0, 0.05) is 23.9 Å². The van der Waals surface area contributed by atoms with E-state index < -0.39 is 11.5 Å². The van der Waals surface area contributed by atoms with E-state index >= 15 is 0 Å². The molecule has 2 aromatic rings. The molecule has 0 spiro atoms. The van der Waals surface area contributed by atoms with Crippen LogP contribution in [0, 0.1) is 19.8 Å². The third kappa shape index (κ3) is 3.38. The fraction of sp³-hybridized carbons (Fsp3) is 0.556. The number of aromatic nitrogens is 2. The number of nitrogens with one attached hydrogen (secondary N) is 1. The highest BCUT2D eigenvalue weighted by atomic mass is 32.1. The number of amides is 1. The van der Waals surface area contributed by atoms with Crippen molar-refractivity contribution in [1.29, 1.82) is 0 Å². The zero-order valence-electron chi connectivity index (χ0n) is 15.5. The van der Waals surface area contributed by atoms with Crippen molar-refractivity contribution in [3.8, 4) is 0 Å². The second-order valence-corrected chi connectivity index (χ2v) is 8.54. The molecule has 1 amide bonds. The lowest BCUT2D eigenvalue weighted by Crippen LogP contribution is -2.52. The number of nitrogens with zero attached hydrogens (tertiary/aromatic N) is 3. The Morgan fingerprint density at radius 1 is 1.27 bits per heavy atom. The lowest BCUT2D eigenvalue weighted by atomic mass is 9.94. The standard InChI is InChI=1S/C18H24N4O3S/c1-10-11(2)26-16-13(10)14(19-9-20-16)22-7-5-12(6-8-22)15(23)21-18(3,4)17(24)25/h9,12H,5-8H2,1-4H3,(H,21,23)(H,24,25). The fourth-order valence-electron chi connectivity index (χ4n) is 3.22. The van der Waals surface area contributed by atoms with E-state index in [0.29, 0.717) is 25.9 Å². The van der Waals surface area contributed by atoms with Gasteiger partial charge in [-0.25, -0.2) is 14.8 Å². The van der Waals surface area contributed by atoms with Crippen LogP contribution in [0.1, 0.15) is 37.1 Å². The van der Waals surface area contributed by atoms with E-state index in [0.717, 1.165) is 16.0 Å². The van der Waals surface area contributed by atoms with E-state index in [2.05, 4.69) is 34.0 Å². The molecular formula is C18H24N4O3S. The normalized spacial score (nSPS) is 16.1. The van der Waals surface area contributed by atoms with Crippen molar-refractivity contribution in [3.63, 3.8) is 0 Å². The number of piperidine rings is 1. The molecule has 1 fully saturated rings. The van der Waals surface area contributed by atoms with Gasteiger partial charge in [-0.1, -0.05) is 0 Å². The van der Waals surface area contributed by atoms with Gasteiger partial charge in [-0.2, -0.15) is 0 Å². The number of anilines is 1. The van der Waals surface area contributed by atoms with Crippen molar-refractivity contribution in [2.24, 2.45) is 5.92 Å². The molecule has 1 aliphatic rings. The van der Waals surface area contributed by atoms with E-state index in [1.165, 1.54) is 24.3 Å². The Kier molecular flexibility index (Phi) is 4.88. The minimum Gasteiger partial charge on any atom is -0.480 e. The summed E-state index contributed by atoms with van der Waals surface area (Å²) in [6.07, 6.45) is 2.95. The highest BCUT2D eigenvalue weighted by molar-refractivity contribution is 7.18. The molecule has 26 heavy (non-hydrogen) atoms. The van der Waals surface area contributed by atoms with Gasteiger partial charge in [0.05, 0.1) is 5.39 Å². The number of rotatable bonds is 4. The number of thiophene rings is 1. The molecule has 3 rings (SSSR count). The van der Waals surface area contributed by atoms with Gasteiger partial charge in [0.15, 0.2) is 0 Å². The molecule has 140 valence electrons. The summed E-state index contributed by atoms with van der Waals surface area (Å²) in [5.74, 6) is -0.462. The predicted molar refractivity (Wildman–Crippen MR) is 102 cm³/mol. The summed E-state index contributed by atoms with van der Waals surface area (Å²) in [6.45, 7) is 8.61. The third-order valence-electron chi connectivity index (χ3n) is 5.08. The number of carboxylic acids is 1. The molecule has 0 atom stereocenters. The van der Waals surface area contributed by atoms with Crippen LogP contribution in [0.25, 0.3) is 10.2 Å². The first-order valence-corrected chi connectivity index (χ1v) is 9.53. The second-order valence-electron chi connectivity index (χ2n) is 7.34. The van der Waals surface area contributed by atoms with Gasteiger partial charge in [0.25, 0.3) is 0 Å². The number of fused-ring (bicyclic) bond motifs is 1. The molecule has 1 aliphatic heterocycles. The summed E-state index contributed by atoms with van der Waals surface area (Å²) >= 11 is 1.67. The number of hydrogen-bond donors (Lipinski definition) is 2. The van der Waals surface area contributed by atoms with Gasteiger partial charge >= 0.3 is 5.97 Å². The molecule has 8 heteroatoms. The molecule has 0 saturated carbocycles. The number of aryl methyl sites for hydroxylation is 2. The topological polar surface area (TPSA) is 95.4 Å². The molecule has 1 saturated heterocycles. The van der Waals surface area contributed by atoms with E-state index in [-0.39, 0.29) is 11.8 Å². The summed E-state index contributed by atoms with van der Waals surface area (Å²) in [7, 11) is 0. The van der Waals surface area contributed by atoms with E-state index in [1.54, 1.807) is 17.7 Å². The maximum absolute atomic E-state index is 12.4. The van der Waals surface area contributed by atoms with Crippen molar-refractivity contribution in [2.45, 2.75) is 46.1 Å². The average molecular weight is 376 g/mol. The highest BCUT2D eigenvalue weighted by Crippen LogP contribution is 2.35. The smallest absolute Gasteiger partial charge is 0.328 e. The van der Waals surface area contributed by atoms with Gasteiger partial charge in [0.1, 0.15) is 22.5 Å². The number of hydrogen-bond acceptors (Lipinski definition) is 6. The SMILES string of the molecule is Cc1sc2ncnc(N3CCC(C(=O)NC(C)(C)C(=O)O)CC3)c2c1C. The summed E-state index contributed by atoms with van der Waals surface area (Å²) < 4.78 is 0. The molecule has 0 aliphatic carbocycles. The zero-order valence-corrected chi connectivity index (χ0v) is 16.3. The number of carbonyl (C=O) groups excluding carboxylic acids is 1. The lowest BCUT2D eigenvalue weighted by molar-refractivity contribution is -0.146. The molecular weight excluding hydrogens is 352 g/mol.